The van der Waals surface area contributed by atoms with Crippen molar-refractivity contribution in [3.8, 4) is 28.4 Å². The van der Waals surface area contributed by atoms with Crippen molar-refractivity contribution in [3.05, 3.63) is 78.2 Å². The van der Waals surface area contributed by atoms with Gasteiger partial charge in [-0.3, -0.25) is 4.79 Å². The Labute approximate surface area is 206 Å². The quantitative estimate of drug-likeness (QED) is 0.298. The minimum atomic E-state index is -0.945. The average molecular weight is 485 g/mol. The lowest BCUT2D eigenvalue weighted by Gasteiger charge is -2.12. The zero-order valence-electron chi connectivity index (χ0n) is 19.8. The van der Waals surface area contributed by atoms with Crippen LogP contribution in [0.15, 0.2) is 71.5 Å². The van der Waals surface area contributed by atoms with E-state index in [0.717, 1.165) is 32.8 Å². The molecule has 5 rings (SSSR count). The lowest BCUT2D eigenvalue weighted by atomic mass is 9.99. The van der Waals surface area contributed by atoms with Gasteiger partial charge in [0.15, 0.2) is 11.3 Å². The summed E-state index contributed by atoms with van der Waals surface area (Å²) in [5.74, 6) is 1.12. The summed E-state index contributed by atoms with van der Waals surface area (Å²) < 4.78 is 22.8. The Hall–Kier alpha value is -4.72. The molecule has 8 nitrogen and oxygen atoms in total. The van der Waals surface area contributed by atoms with E-state index in [-0.39, 0.29) is 13.0 Å². The molecule has 8 heteroatoms. The van der Waals surface area contributed by atoms with Crippen molar-refractivity contribution in [1.29, 1.82) is 0 Å². The Kier molecular flexibility index (Phi) is 6.08. The number of aliphatic carboxylic acids is 1. The average Bonchev–Trinajstić information content (AvgIpc) is 3.30. The molecule has 5 aromatic rings. The van der Waals surface area contributed by atoms with Crippen molar-refractivity contribution in [2.45, 2.75) is 13.0 Å². The van der Waals surface area contributed by atoms with Gasteiger partial charge in [0.1, 0.15) is 23.9 Å². The molecule has 0 spiro atoms. The number of carboxylic acid groups (broad SMARTS) is 1. The highest BCUT2D eigenvalue weighted by Crippen LogP contribution is 2.37. The Morgan fingerprint density at radius 2 is 1.78 bits per heavy atom. The third-order valence-corrected chi connectivity index (χ3v) is 6.07. The molecule has 0 amide bonds. The highest BCUT2D eigenvalue weighted by molar-refractivity contribution is 5.96. The van der Waals surface area contributed by atoms with Crippen LogP contribution in [0.1, 0.15) is 11.1 Å². The number of aromatic nitrogens is 1. The molecule has 0 unspecified atom stereocenters. The fourth-order valence-corrected chi connectivity index (χ4v) is 4.22. The van der Waals surface area contributed by atoms with Crippen LogP contribution in [-0.2, 0) is 17.8 Å². The van der Waals surface area contributed by atoms with Gasteiger partial charge in [-0.05, 0) is 46.8 Å². The van der Waals surface area contributed by atoms with E-state index in [9.17, 15) is 9.90 Å². The first-order chi connectivity index (χ1) is 17.5. The van der Waals surface area contributed by atoms with Gasteiger partial charge in [-0.15, -0.1) is 0 Å². The Bertz CT molecular complexity index is 1590. The largest absolute Gasteiger partial charge is 0.497 e. The van der Waals surface area contributed by atoms with Crippen molar-refractivity contribution in [1.82, 2.24) is 4.98 Å². The Balaban J connectivity index is 1.53. The van der Waals surface area contributed by atoms with Gasteiger partial charge in [0.25, 0.3) is 0 Å². The number of methoxy groups -OCH3 is 2. The second kappa shape index (κ2) is 9.50. The lowest BCUT2D eigenvalue weighted by molar-refractivity contribution is -0.136. The van der Waals surface area contributed by atoms with E-state index in [4.69, 9.17) is 24.4 Å². The molecule has 36 heavy (non-hydrogen) atoms. The van der Waals surface area contributed by atoms with Crippen molar-refractivity contribution in [2.24, 2.45) is 0 Å². The van der Waals surface area contributed by atoms with Gasteiger partial charge in [0.05, 0.1) is 26.9 Å². The fourth-order valence-electron chi connectivity index (χ4n) is 4.22. The molecule has 0 saturated carbocycles. The number of hydrogen-bond donors (Lipinski definition) is 2. The first kappa shape index (κ1) is 23.0. The molecule has 2 heterocycles. The van der Waals surface area contributed by atoms with E-state index >= 15 is 0 Å². The van der Waals surface area contributed by atoms with E-state index < -0.39 is 5.97 Å². The second-order valence-electron chi connectivity index (χ2n) is 8.28. The lowest BCUT2D eigenvalue weighted by Crippen LogP contribution is -2.04. The maximum atomic E-state index is 11.3. The molecule has 0 bridgehead atoms. The minimum Gasteiger partial charge on any atom is -0.497 e. The van der Waals surface area contributed by atoms with Gasteiger partial charge in [-0.2, -0.15) is 0 Å². The molecular formula is C28H24N2O6. The first-order valence-corrected chi connectivity index (χ1v) is 11.2. The van der Waals surface area contributed by atoms with Gasteiger partial charge < -0.3 is 29.5 Å². The second-order valence-corrected chi connectivity index (χ2v) is 8.28. The topological polar surface area (TPSA) is 117 Å². The maximum absolute atomic E-state index is 11.3. The molecule has 0 aliphatic heterocycles. The number of pyridine rings is 1. The molecule has 0 fully saturated rings. The molecule has 0 aliphatic rings. The van der Waals surface area contributed by atoms with Crippen LogP contribution in [-0.4, -0.2) is 30.3 Å². The van der Waals surface area contributed by atoms with Gasteiger partial charge in [-0.25, -0.2) is 4.98 Å². The zero-order valence-corrected chi connectivity index (χ0v) is 19.8. The number of anilines is 1. The smallest absolute Gasteiger partial charge is 0.307 e. The van der Waals surface area contributed by atoms with Gasteiger partial charge >= 0.3 is 5.97 Å². The summed E-state index contributed by atoms with van der Waals surface area (Å²) in [5, 5.41) is 12.0. The maximum Gasteiger partial charge on any atom is 0.307 e. The number of nitrogens with zero attached hydrogens (tertiary/aromatic N) is 1. The van der Waals surface area contributed by atoms with E-state index in [1.807, 2.05) is 36.4 Å². The highest BCUT2D eigenvalue weighted by atomic mass is 16.5. The molecule has 2 aromatic heterocycles. The molecule has 0 radical (unpaired) electrons. The SMILES string of the molecule is COc1ccc(CC(=O)O)c(OCc2coc3c(OC)cc(-c4ccc5ccnc(N)c5c4)cc23)c1. The molecular weight excluding hydrogens is 460 g/mol. The number of carboxylic acids is 1. The summed E-state index contributed by atoms with van der Waals surface area (Å²) in [4.78, 5) is 15.5. The third-order valence-electron chi connectivity index (χ3n) is 6.07. The van der Waals surface area contributed by atoms with Crippen LogP contribution in [0.3, 0.4) is 0 Å². The monoisotopic (exact) mass is 484 g/mol. The third kappa shape index (κ3) is 4.36. The molecule has 3 N–H and O–H groups in total. The summed E-state index contributed by atoms with van der Waals surface area (Å²) in [6.07, 6.45) is 3.15. The van der Waals surface area contributed by atoms with E-state index in [1.54, 1.807) is 44.9 Å². The van der Waals surface area contributed by atoms with Crippen molar-refractivity contribution in [3.63, 3.8) is 0 Å². The van der Waals surface area contributed by atoms with Crippen molar-refractivity contribution in [2.75, 3.05) is 20.0 Å². The number of rotatable bonds is 8. The van der Waals surface area contributed by atoms with Gasteiger partial charge in [0.2, 0.25) is 0 Å². The summed E-state index contributed by atoms with van der Waals surface area (Å²) in [5.41, 5.74) is 9.91. The molecule has 0 atom stereocenters. The predicted molar refractivity (Wildman–Crippen MR) is 137 cm³/mol. The molecule has 182 valence electrons. The number of carbonyl (C=O) groups is 1. The van der Waals surface area contributed by atoms with Crippen LogP contribution in [0.25, 0.3) is 32.9 Å². The molecule has 3 aromatic carbocycles. The highest BCUT2D eigenvalue weighted by Gasteiger charge is 2.16. The first-order valence-electron chi connectivity index (χ1n) is 11.2. The summed E-state index contributed by atoms with van der Waals surface area (Å²) in [6, 6.07) is 17.0. The van der Waals surface area contributed by atoms with Crippen LogP contribution in [0, 0.1) is 0 Å². The Morgan fingerprint density at radius 3 is 2.56 bits per heavy atom. The summed E-state index contributed by atoms with van der Waals surface area (Å²) in [6.45, 7) is 0.161. The van der Waals surface area contributed by atoms with Gasteiger partial charge in [-0.1, -0.05) is 18.2 Å². The number of nitrogen functional groups attached to an aromatic ring is 1. The van der Waals surface area contributed by atoms with Crippen LogP contribution in [0.2, 0.25) is 0 Å². The van der Waals surface area contributed by atoms with E-state index in [0.29, 0.717) is 34.2 Å². The fraction of sp³-hybridized carbons (Fsp3) is 0.143. The van der Waals surface area contributed by atoms with Crippen LogP contribution >= 0.6 is 0 Å². The Morgan fingerprint density at radius 1 is 0.944 bits per heavy atom. The van der Waals surface area contributed by atoms with Crippen LogP contribution < -0.4 is 19.9 Å². The number of furan rings is 1. The number of ether oxygens (including phenoxy) is 3. The number of hydrogen-bond acceptors (Lipinski definition) is 7. The van der Waals surface area contributed by atoms with Crippen molar-refractivity contribution < 1.29 is 28.5 Å². The van der Waals surface area contributed by atoms with E-state index in [1.165, 1.54) is 0 Å². The zero-order chi connectivity index (χ0) is 25.2. The molecule has 0 aliphatic carbocycles. The van der Waals surface area contributed by atoms with Gasteiger partial charge in [0, 0.05) is 34.2 Å². The summed E-state index contributed by atoms with van der Waals surface area (Å²) in [7, 11) is 3.14. The summed E-state index contributed by atoms with van der Waals surface area (Å²) >= 11 is 0. The minimum absolute atomic E-state index is 0.161. The predicted octanol–water partition coefficient (Wildman–Crippen LogP) is 5.45. The number of fused-ring (bicyclic) bond motifs is 2. The normalized spacial score (nSPS) is 11.1. The number of nitrogens with two attached hydrogens (primary N) is 1. The van der Waals surface area contributed by atoms with E-state index in [2.05, 4.69) is 4.98 Å². The standard InChI is InChI=1S/C28H24N2O6/c1-33-21-6-5-18(12-26(31)32)24(13-21)35-14-20-15-36-27-22(20)10-19(11-25(27)34-2)17-4-3-16-7-8-30-28(29)23(16)9-17/h3-11,13,15H,12,14H2,1-2H3,(H2,29,30)(H,31,32). The number of benzene rings is 3. The van der Waals surface area contributed by atoms with Crippen LogP contribution in [0.4, 0.5) is 5.82 Å². The van der Waals surface area contributed by atoms with Crippen molar-refractivity contribution >= 4 is 33.5 Å². The molecule has 0 saturated heterocycles. The van der Waals surface area contributed by atoms with Crippen LogP contribution in [0.5, 0.6) is 17.2 Å².